The Morgan fingerprint density at radius 3 is 2.92 bits per heavy atom. The highest BCUT2D eigenvalue weighted by molar-refractivity contribution is 6.30. The lowest BCUT2D eigenvalue weighted by Gasteiger charge is -2.09. The van der Waals surface area contributed by atoms with Crippen LogP contribution < -0.4 is 5.32 Å². The molecule has 1 amide bonds. The SMILES string of the molecule is Cc1cc(NC(=O)CCc2cnccn2)n(Cc2cccc(Cl)c2)n1. The molecule has 3 aromatic rings. The molecule has 0 fully saturated rings. The van der Waals surface area contributed by atoms with Gasteiger partial charge in [0, 0.05) is 36.1 Å². The van der Waals surface area contributed by atoms with E-state index in [1.165, 1.54) is 0 Å². The summed E-state index contributed by atoms with van der Waals surface area (Å²) in [4.78, 5) is 20.4. The number of carbonyl (C=O) groups is 1. The van der Waals surface area contributed by atoms with Gasteiger partial charge in [-0.25, -0.2) is 4.68 Å². The van der Waals surface area contributed by atoms with Crippen molar-refractivity contribution in [2.75, 3.05) is 5.32 Å². The summed E-state index contributed by atoms with van der Waals surface area (Å²) in [5.74, 6) is 0.583. The van der Waals surface area contributed by atoms with E-state index in [2.05, 4.69) is 20.4 Å². The van der Waals surface area contributed by atoms with E-state index in [1.807, 2.05) is 37.3 Å². The molecule has 6 nitrogen and oxygen atoms in total. The van der Waals surface area contributed by atoms with Gasteiger partial charge < -0.3 is 5.32 Å². The standard InChI is InChI=1S/C18H18ClN5O/c1-13-9-17(22-18(25)6-5-16-11-20-7-8-21-16)24(23-13)12-14-3-2-4-15(19)10-14/h2-4,7-11H,5-6,12H2,1H3,(H,22,25). The Morgan fingerprint density at radius 2 is 2.16 bits per heavy atom. The Labute approximate surface area is 150 Å². The topological polar surface area (TPSA) is 72.7 Å². The van der Waals surface area contributed by atoms with Crippen LogP contribution in [0.15, 0.2) is 48.9 Å². The van der Waals surface area contributed by atoms with E-state index in [4.69, 9.17) is 11.6 Å². The van der Waals surface area contributed by atoms with Crippen molar-refractivity contribution in [2.45, 2.75) is 26.3 Å². The van der Waals surface area contributed by atoms with Gasteiger partial charge in [0.15, 0.2) is 0 Å². The van der Waals surface area contributed by atoms with Gasteiger partial charge in [-0.15, -0.1) is 0 Å². The smallest absolute Gasteiger partial charge is 0.225 e. The molecule has 0 unspecified atom stereocenters. The van der Waals surface area contributed by atoms with Crippen molar-refractivity contribution in [3.05, 3.63) is 70.9 Å². The van der Waals surface area contributed by atoms with Crippen molar-refractivity contribution < 1.29 is 4.79 Å². The van der Waals surface area contributed by atoms with Crippen LogP contribution in [-0.4, -0.2) is 25.7 Å². The van der Waals surface area contributed by atoms with Gasteiger partial charge in [-0.2, -0.15) is 5.10 Å². The number of benzene rings is 1. The van der Waals surface area contributed by atoms with Crippen LogP contribution in [0, 0.1) is 6.92 Å². The summed E-state index contributed by atoms with van der Waals surface area (Å²) in [6.07, 6.45) is 5.78. The maximum atomic E-state index is 12.2. The fourth-order valence-corrected chi connectivity index (χ4v) is 2.69. The number of aryl methyl sites for hydroxylation is 2. The molecule has 0 atom stereocenters. The molecule has 25 heavy (non-hydrogen) atoms. The highest BCUT2D eigenvalue weighted by Crippen LogP contribution is 2.16. The second-order valence-electron chi connectivity index (χ2n) is 5.70. The van der Waals surface area contributed by atoms with Crippen LogP contribution in [0.2, 0.25) is 5.02 Å². The van der Waals surface area contributed by atoms with Gasteiger partial charge in [-0.3, -0.25) is 14.8 Å². The van der Waals surface area contributed by atoms with Gasteiger partial charge >= 0.3 is 0 Å². The molecule has 0 saturated carbocycles. The van der Waals surface area contributed by atoms with Gasteiger partial charge in [0.1, 0.15) is 5.82 Å². The molecule has 0 radical (unpaired) electrons. The molecule has 0 bridgehead atoms. The Morgan fingerprint density at radius 1 is 1.28 bits per heavy atom. The number of nitrogens with one attached hydrogen (secondary N) is 1. The monoisotopic (exact) mass is 355 g/mol. The third kappa shape index (κ3) is 4.87. The number of halogens is 1. The van der Waals surface area contributed by atoms with Gasteiger partial charge in [0.2, 0.25) is 5.91 Å². The Kier molecular flexibility index (Phi) is 5.40. The molecule has 128 valence electrons. The number of nitrogens with zero attached hydrogens (tertiary/aromatic N) is 4. The van der Waals surface area contributed by atoms with E-state index in [1.54, 1.807) is 23.3 Å². The average Bonchev–Trinajstić information content (AvgIpc) is 2.93. The van der Waals surface area contributed by atoms with Crippen LogP contribution in [0.5, 0.6) is 0 Å². The van der Waals surface area contributed by atoms with E-state index < -0.39 is 0 Å². The third-order valence-corrected chi connectivity index (χ3v) is 3.85. The van der Waals surface area contributed by atoms with E-state index in [0.29, 0.717) is 30.2 Å². The third-order valence-electron chi connectivity index (χ3n) is 3.62. The summed E-state index contributed by atoms with van der Waals surface area (Å²) >= 11 is 6.03. The first-order valence-electron chi connectivity index (χ1n) is 7.94. The first-order chi connectivity index (χ1) is 12.1. The maximum Gasteiger partial charge on any atom is 0.225 e. The predicted octanol–water partition coefficient (Wildman–Crippen LogP) is 3.25. The number of rotatable bonds is 6. The highest BCUT2D eigenvalue weighted by atomic mass is 35.5. The number of amides is 1. The van der Waals surface area contributed by atoms with Crippen molar-refractivity contribution in [2.24, 2.45) is 0 Å². The van der Waals surface area contributed by atoms with Gasteiger partial charge in [0.25, 0.3) is 0 Å². The zero-order valence-corrected chi connectivity index (χ0v) is 14.6. The van der Waals surface area contributed by atoms with Crippen LogP contribution >= 0.6 is 11.6 Å². The molecular weight excluding hydrogens is 338 g/mol. The summed E-state index contributed by atoms with van der Waals surface area (Å²) in [5, 5.41) is 8.04. The molecule has 3 rings (SSSR count). The molecule has 2 heterocycles. The largest absolute Gasteiger partial charge is 0.311 e. The van der Waals surface area contributed by atoms with E-state index >= 15 is 0 Å². The van der Waals surface area contributed by atoms with E-state index in [0.717, 1.165) is 17.0 Å². The summed E-state index contributed by atoms with van der Waals surface area (Å²) < 4.78 is 1.77. The van der Waals surface area contributed by atoms with Gasteiger partial charge in [-0.1, -0.05) is 23.7 Å². The molecule has 0 aliphatic carbocycles. The molecule has 0 saturated heterocycles. The van der Waals surface area contributed by atoms with Gasteiger partial charge in [0.05, 0.1) is 17.9 Å². The first-order valence-corrected chi connectivity index (χ1v) is 8.31. The molecule has 0 aliphatic heterocycles. The molecule has 2 aromatic heterocycles. The van der Waals surface area contributed by atoms with Crippen molar-refractivity contribution in [3.63, 3.8) is 0 Å². The molecule has 7 heteroatoms. The van der Waals surface area contributed by atoms with Crippen molar-refractivity contribution in [1.29, 1.82) is 0 Å². The lowest BCUT2D eigenvalue weighted by atomic mass is 10.2. The zero-order chi connectivity index (χ0) is 17.6. The molecular formula is C18H18ClN5O. The number of hydrogen-bond acceptors (Lipinski definition) is 4. The predicted molar refractivity (Wildman–Crippen MR) is 96.5 cm³/mol. The van der Waals surface area contributed by atoms with Gasteiger partial charge in [-0.05, 0) is 31.0 Å². The summed E-state index contributed by atoms with van der Waals surface area (Å²) in [7, 11) is 0. The van der Waals surface area contributed by atoms with Crippen molar-refractivity contribution in [3.8, 4) is 0 Å². The molecule has 1 aromatic carbocycles. The summed E-state index contributed by atoms with van der Waals surface area (Å²) in [5.41, 5.74) is 2.65. The number of hydrogen-bond donors (Lipinski definition) is 1. The Hall–Kier alpha value is -2.73. The zero-order valence-electron chi connectivity index (χ0n) is 13.8. The molecule has 0 spiro atoms. The fraction of sp³-hybridized carbons (Fsp3) is 0.222. The highest BCUT2D eigenvalue weighted by Gasteiger charge is 2.10. The minimum atomic E-state index is -0.0853. The summed E-state index contributed by atoms with van der Waals surface area (Å²) in [6, 6.07) is 9.44. The second kappa shape index (κ2) is 7.90. The lowest BCUT2D eigenvalue weighted by Crippen LogP contribution is -2.16. The first kappa shape index (κ1) is 17.1. The number of aromatic nitrogens is 4. The number of carbonyl (C=O) groups excluding carboxylic acids is 1. The molecule has 1 N–H and O–H groups in total. The average molecular weight is 356 g/mol. The van der Waals surface area contributed by atoms with E-state index in [9.17, 15) is 4.79 Å². The van der Waals surface area contributed by atoms with Crippen LogP contribution in [0.1, 0.15) is 23.4 Å². The lowest BCUT2D eigenvalue weighted by molar-refractivity contribution is -0.116. The molecule has 0 aliphatic rings. The van der Waals surface area contributed by atoms with E-state index in [-0.39, 0.29) is 5.91 Å². The fourth-order valence-electron chi connectivity index (χ4n) is 2.48. The van der Waals surface area contributed by atoms with Crippen LogP contribution in [-0.2, 0) is 17.8 Å². The Bertz CT molecular complexity index is 863. The second-order valence-corrected chi connectivity index (χ2v) is 6.14. The van der Waals surface area contributed by atoms with Crippen molar-refractivity contribution >= 4 is 23.3 Å². The van der Waals surface area contributed by atoms with Crippen LogP contribution in [0.4, 0.5) is 5.82 Å². The van der Waals surface area contributed by atoms with Crippen LogP contribution in [0.25, 0.3) is 0 Å². The summed E-state index contributed by atoms with van der Waals surface area (Å²) in [6.45, 7) is 2.43. The van der Waals surface area contributed by atoms with Crippen LogP contribution in [0.3, 0.4) is 0 Å². The minimum absolute atomic E-state index is 0.0853. The quantitative estimate of drug-likeness (QED) is 0.736. The van der Waals surface area contributed by atoms with Crippen molar-refractivity contribution in [1.82, 2.24) is 19.7 Å². The maximum absolute atomic E-state index is 12.2. The normalized spacial score (nSPS) is 10.6. The minimum Gasteiger partial charge on any atom is -0.311 e. The number of anilines is 1. The Balaban J connectivity index is 1.65.